The van der Waals surface area contributed by atoms with Gasteiger partial charge in [-0.2, -0.15) is 0 Å². The summed E-state index contributed by atoms with van der Waals surface area (Å²) in [6.45, 7) is 8.13. The van der Waals surface area contributed by atoms with E-state index in [2.05, 4.69) is 33.7 Å². The zero-order valence-electron chi connectivity index (χ0n) is 10.5. The first-order chi connectivity index (χ1) is 8.26. The fourth-order valence-electron chi connectivity index (χ4n) is 1.88. The van der Waals surface area contributed by atoms with Gasteiger partial charge in [-0.25, -0.2) is 9.97 Å². The fraction of sp³-hybridized carbons (Fsp3) is 0.500. The van der Waals surface area contributed by atoms with E-state index in [1.165, 1.54) is 4.88 Å². The number of thiazole rings is 1. The highest BCUT2D eigenvalue weighted by Crippen LogP contribution is 2.25. The van der Waals surface area contributed by atoms with Crippen molar-refractivity contribution in [3.8, 4) is 0 Å². The number of aromatic nitrogens is 3. The van der Waals surface area contributed by atoms with Gasteiger partial charge in [-0.1, -0.05) is 6.92 Å². The molecule has 2 aromatic heterocycles. The Morgan fingerprint density at radius 3 is 2.82 bits per heavy atom. The molecular weight excluding hydrogens is 232 g/mol. The number of nitrogens with zero attached hydrogens (tertiary/aromatic N) is 3. The largest absolute Gasteiger partial charge is 0.334 e. The summed E-state index contributed by atoms with van der Waals surface area (Å²) in [4.78, 5) is 10.0. The third-order valence-electron chi connectivity index (χ3n) is 2.68. The number of aryl methyl sites for hydroxylation is 2. The van der Waals surface area contributed by atoms with Gasteiger partial charge < -0.3 is 9.88 Å². The average Bonchev–Trinajstić information content (AvgIpc) is 2.94. The van der Waals surface area contributed by atoms with Crippen LogP contribution >= 0.6 is 11.3 Å². The molecule has 0 aromatic carbocycles. The Bertz CT molecular complexity index is 474. The topological polar surface area (TPSA) is 42.7 Å². The molecule has 0 amide bonds. The molecule has 0 saturated heterocycles. The molecule has 0 aliphatic rings. The van der Waals surface area contributed by atoms with Crippen molar-refractivity contribution in [2.75, 3.05) is 6.54 Å². The maximum absolute atomic E-state index is 4.47. The lowest BCUT2D eigenvalue weighted by molar-refractivity contribution is 0.565. The Labute approximate surface area is 106 Å². The van der Waals surface area contributed by atoms with Crippen molar-refractivity contribution in [1.82, 2.24) is 19.9 Å². The van der Waals surface area contributed by atoms with Gasteiger partial charge in [0.2, 0.25) is 0 Å². The molecule has 1 unspecified atom stereocenters. The van der Waals surface area contributed by atoms with Gasteiger partial charge in [-0.15, -0.1) is 11.3 Å². The highest BCUT2D eigenvalue weighted by Gasteiger charge is 2.19. The lowest BCUT2D eigenvalue weighted by atomic mass is 10.2. The van der Waals surface area contributed by atoms with Crippen LogP contribution in [0.2, 0.25) is 0 Å². The summed E-state index contributed by atoms with van der Waals surface area (Å²) in [6.07, 6.45) is 5.83. The van der Waals surface area contributed by atoms with Crippen LogP contribution < -0.4 is 5.32 Å². The zero-order chi connectivity index (χ0) is 12.3. The Hall–Kier alpha value is -1.20. The third kappa shape index (κ3) is 2.56. The van der Waals surface area contributed by atoms with Gasteiger partial charge in [-0.05, 0) is 20.4 Å². The van der Waals surface area contributed by atoms with Crippen molar-refractivity contribution < 1.29 is 0 Å². The summed E-state index contributed by atoms with van der Waals surface area (Å²) < 4.78 is 2.17. The first kappa shape index (κ1) is 12.3. The monoisotopic (exact) mass is 250 g/mol. The van der Waals surface area contributed by atoms with Gasteiger partial charge in [-0.3, -0.25) is 0 Å². The van der Waals surface area contributed by atoms with Crippen LogP contribution in [0.1, 0.15) is 35.6 Å². The lowest BCUT2D eigenvalue weighted by Crippen LogP contribution is -2.24. The zero-order valence-corrected chi connectivity index (χ0v) is 11.3. The van der Waals surface area contributed by atoms with E-state index in [1.54, 1.807) is 11.3 Å². The van der Waals surface area contributed by atoms with Crippen LogP contribution in [0.5, 0.6) is 0 Å². The quantitative estimate of drug-likeness (QED) is 0.886. The third-order valence-corrected chi connectivity index (χ3v) is 3.66. The van der Waals surface area contributed by atoms with Crippen LogP contribution in [-0.4, -0.2) is 21.1 Å². The summed E-state index contributed by atoms with van der Waals surface area (Å²) in [5.41, 5.74) is 0. The second-order valence-corrected chi connectivity index (χ2v) is 5.11. The van der Waals surface area contributed by atoms with Crippen molar-refractivity contribution in [2.24, 2.45) is 0 Å². The SMILES string of the molecule is CCNC(c1cnc(C)s1)c1nccn1CC. The second-order valence-electron chi connectivity index (χ2n) is 3.84. The molecule has 0 fully saturated rings. The Kier molecular flexibility index (Phi) is 3.91. The Morgan fingerprint density at radius 2 is 2.24 bits per heavy atom. The van der Waals surface area contributed by atoms with Crippen LogP contribution in [0.4, 0.5) is 0 Å². The van der Waals surface area contributed by atoms with Crippen molar-refractivity contribution in [1.29, 1.82) is 0 Å². The van der Waals surface area contributed by atoms with E-state index < -0.39 is 0 Å². The van der Waals surface area contributed by atoms with Crippen LogP contribution in [0.25, 0.3) is 0 Å². The lowest BCUT2D eigenvalue weighted by Gasteiger charge is -2.16. The number of imidazole rings is 1. The summed E-state index contributed by atoms with van der Waals surface area (Å²) in [6, 6.07) is 0.154. The van der Waals surface area contributed by atoms with Crippen LogP contribution in [0, 0.1) is 6.92 Å². The second kappa shape index (κ2) is 5.42. The average molecular weight is 250 g/mol. The molecule has 2 rings (SSSR count). The maximum atomic E-state index is 4.47. The summed E-state index contributed by atoms with van der Waals surface area (Å²) in [7, 11) is 0. The normalized spacial score (nSPS) is 12.9. The molecule has 17 heavy (non-hydrogen) atoms. The van der Waals surface area contributed by atoms with Gasteiger partial charge in [0, 0.05) is 30.0 Å². The molecule has 1 N–H and O–H groups in total. The van der Waals surface area contributed by atoms with Crippen molar-refractivity contribution in [2.45, 2.75) is 33.4 Å². The van der Waals surface area contributed by atoms with E-state index in [0.29, 0.717) is 0 Å². The fourth-order valence-corrected chi connectivity index (χ4v) is 2.74. The molecule has 2 aromatic rings. The van der Waals surface area contributed by atoms with E-state index in [1.807, 2.05) is 25.5 Å². The molecule has 0 spiro atoms. The number of hydrogen-bond donors (Lipinski definition) is 1. The Morgan fingerprint density at radius 1 is 1.41 bits per heavy atom. The molecule has 0 aliphatic carbocycles. The highest BCUT2D eigenvalue weighted by molar-refractivity contribution is 7.11. The van der Waals surface area contributed by atoms with E-state index in [-0.39, 0.29) is 6.04 Å². The molecule has 0 bridgehead atoms. The molecule has 2 heterocycles. The van der Waals surface area contributed by atoms with Gasteiger partial charge in [0.1, 0.15) is 11.9 Å². The predicted octanol–water partition coefficient (Wildman–Crippen LogP) is 2.37. The molecule has 0 aliphatic heterocycles. The summed E-state index contributed by atoms with van der Waals surface area (Å²) >= 11 is 1.73. The van der Waals surface area contributed by atoms with E-state index in [4.69, 9.17) is 0 Å². The van der Waals surface area contributed by atoms with Crippen molar-refractivity contribution >= 4 is 11.3 Å². The molecule has 92 valence electrons. The molecule has 0 radical (unpaired) electrons. The minimum Gasteiger partial charge on any atom is -0.334 e. The molecule has 0 saturated carbocycles. The van der Waals surface area contributed by atoms with Crippen LogP contribution in [-0.2, 0) is 6.54 Å². The number of rotatable bonds is 5. The van der Waals surface area contributed by atoms with Gasteiger partial charge in [0.25, 0.3) is 0 Å². The van der Waals surface area contributed by atoms with E-state index >= 15 is 0 Å². The van der Waals surface area contributed by atoms with Crippen molar-refractivity contribution in [3.63, 3.8) is 0 Å². The van der Waals surface area contributed by atoms with Crippen molar-refractivity contribution in [3.05, 3.63) is 34.3 Å². The minimum absolute atomic E-state index is 0.154. The van der Waals surface area contributed by atoms with Crippen LogP contribution in [0.15, 0.2) is 18.6 Å². The minimum atomic E-state index is 0.154. The van der Waals surface area contributed by atoms with Gasteiger partial charge in [0.05, 0.1) is 5.01 Å². The first-order valence-electron chi connectivity index (χ1n) is 5.93. The summed E-state index contributed by atoms with van der Waals surface area (Å²) in [5.74, 6) is 1.07. The van der Waals surface area contributed by atoms with Gasteiger partial charge >= 0.3 is 0 Å². The maximum Gasteiger partial charge on any atom is 0.131 e. The van der Waals surface area contributed by atoms with E-state index in [9.17, 15) is 0 Å². The molecule has 1 atom stereocenters. The smallest absolute Gasteiger partial charge is 0.131 e. The van der Waals surface area contributed by atoms with Crippen LogP contribution in [0.3, 0.4) is 0 Å². The predicted molar refractivity (Wildman–Crippen MR) is 70.3 cm³/mol. The molecular formula is C12H18N4S. The Balaban J connectivity index is 2.35. The number of hydrogen-bond acceptors (Lipinski definition) is 4. The summed E-state index contributed by atoms with van der Waals surface area (Å²) in [5, 5.41) is 4.57. The number of nitrogens with one attached hydrogen (secondary N) is 1. The molecule has 4 nitrogen and oxygen atoms in total. The standard InChI is InChI=1S/C12H18N4S/c1-4-13-11(10-8-15-9(3)17-10)12-14-6-7-16(12)5-2/h6-8,11,13H,4-5H2,1-3H3. The molecule has 5 heteroatoms. The van der Waals surface area contributed by atoms with E-state index in [0.717, 1.165) is 23.9 Å². The highest BCUT2D eigenvalue weighted by atomic mass is 32.1. The van der Waals surface area contributed by atoms with Gasteiger partial charge in [0.15, 0.2) is 0 Å². The first-order valence-corrected chi connectivity index (χ1v) is 6.74.